The first-order valence-corrected chi connectivity index (χ1v) is 5.60. The van der Waals surface area contributed by atoms with Crippen molar-refractivity contribution in [3.05, 3.63) is 35.7 Å². The molecular weight excluding hydrogens is 232 g/mol. The van der Waals surface area contributed by atoms with E-state index in [1.807, 2.05) is 26.2 Å². The Morgan fingerprint density at radius 1 is 1.33 bits per heavy atom. The van der Waals surface area contributed by atoms with Crippen LogP contribution in [-0.4, -0.2) is 29.3 Å². The standard InChI is InChI=1S/C12H16N4O2/c1-16(2)12-14-11(18-15-12)10(13)7-8-3-5-9(17)6-4-8/h3-6,10,17H,7,13H2,1-2H3/t10-/m0/s1. The minimum Gasteiger partial charge on any atom is -0.508 e. The van der Waals surface area contributed by atoms with E-state index in [4.69, 9.17) is 10.3 Å². The lowest BCUT2D eigenvalue weighted by atomic mass is 10.1. The van der Waals surface area contributed by atoms with E-state index in [1.54, 1.807) is 17.0 Å². The molecule has 0 bridgehead atoms. The van der Waals surface area contributed by atoms with Gasteiger partial charge in [-0.25, -0.2) is 0 Å². The number of hydrogen-bond acceptors (Lipinski definition) is 6. The molecule has 0 aliphatic rings. The van der Waals surface area contributed by atoms with Crippen LogP contribution in [0, 0.1) is 0 Å². The fourth-order valence-electron chi connectivity index (χ4n) is 1.53. The maximum Gasteiger partial charge on any atom is 0.265 e. The lowest BCUT2D eigenvalue weighted by Crippen LogP contribution is -2.15. The predicted octanol–water partition coefficient (Wildman–Crippen LogP) is 1.08. The number of phenols is 1. The summed E-state index contributed by atoms with van der Waals surface area (Å²) in [6.45, 7) is 0. The van der Waals surface area contributed by atoms with Crippen LogP contribution >= 0.6 is 0 Å². The van der Waals surface area contributed by atoms with Crippen molar-refractivity contribution in [1.29, 1.82) is 0 Å². The summed E-state index contributed by atoms with van der Waals surface area (Å²) in [5.41, 5.74) is 7.01. The molecule has 0 unspecified atom stereocenters. The molecule has 18 heavy (non-hydrogen) atoms. The normalized spacial score (nSPS) is 12.4. The van der Waals surface area contributed by atoms with Gasteiger partial charge < -0.3 is 20.3 Å². The van der Waals surface area contributed by atoms with Gasteiger partial charge in [-0.05, 0) is 29.3 Å². The number of rotatable bonds is 4. The number of nitrogens with two attached hydrogens (primary N) is 1. The third kappa shape index (κ3) is 2.78. The number of phenolic OH excluding ortho intramolecular Hbond substituents is 1. The quantitative estimate of drug-likeness (QED) is 0.841. The molecule has 2 aromatic rings. The Labute approximate surface area is 105 Å². The van der Waals surface area contributed by atoms with Gasteiger partial charge in [0.1, 0.15) is 5.75 Å². The fourth-order valence-corrected chi connectivity index (χ4v) is 1.53. The van der Waals surface area contributed by atoms with Gasteiger partial charge in [0.2, 0.25) is 5.89 Å². The summed E-state index contributed by atoms with van der Waals surface area (Å²) in [5.74, 6) is 1.15. The van der Waals surface area contributed by atoms with Crippen molar-refractivity contribution in [2.24, 2.45) is 5.73 Å². The van der Waals surface area contributed by atoms with Gasteiger partial charge >= 0.3 is 0 Å². The molecule has 0 saturated carbocycles. The Bertz CT molecular complexity index is 507. The third-order valence-electron chi connectivity index (χ3n) is 2.54. The number of benzene rings is 1. The number of anilines is 1. The zero-order valence-corrected chi connectivity index (χ0v) is 10.4. The maximum atomic E-state index is 9.19. The van der Waals surface area contributed by atoms with E-state index in [-0.39, 0.29) is 11.8 Å². The molecule has 96 valence electrons. The molecule has 6 heteroatoms. The van der Waals surface area contributed by atoms with Crippen molar-refractivity contribution < 1.29 is 9.63 Å². The van der Waals surface area contributed by atoms with Crippen LogP contribution in [0.2, 0.25) is 0 Å². The number of aromatic nitrogens is 2. The first kappa shape index (κ1) is 12.4. The lowest BCUT2D eigenvalue weighted by Gasteiger charge is -2.07. The highest BCUT2D eigenvalue weighted by Gasteiger charge is 2.16. The summed E-state index contributed by atoms with van der Waals surface area (Å²) in [6, 6.07) is 6.54. The molecule has 0 radical (unpaired) electrons. The molecule has 0 fully saturated rings. The SMILES string of the molecule is CN(C)c1noc([C@@H](N)Cc2ccc(O)cc2)n1. The van der Waals surface area contributed by atoms with Crippen LogP contribution in [0.3, 0.4) is 0 Å². The molecule has 0 aliphatic heterocycles. The molecule has 0 saturated heterocycles. The van der Waals surface area contributed by atoms with Gasteiger partial charge in [0.05, 0.1) is 6.04 Å². The molecule has 0 aliphatic carbocycles. The largest absolute Gasteiger partial charge is 0.508 e. The van der Waals surface area contributed by atoms with Crippen LogP contribution in [0.1, 0.15) is 17.5 Å². The molecule has 0 spiro atoms. The van der Waals surface area contributed by atoms with Crippen LogP contribution in [0.25, 0.3) is 0 Å². The maximum absolute atomic E-state index is 9.19. The second-order valence-corrected chi connectivity index (χ2v) is 4.30. The predicted molar refractivity (Wildman–Crippen MR) is 67.4 cm³/mol. The number of aromatic hydroxyl groups is 1. The van der Waals surface area contributed by atoms with Crippen LogP contribution in [0.15, 0.2) is 28.8 Å². The van der Waals surface area contributed by atoms with Crippen LogP contribution in [-0.2, 0) is 6.42 Å². The van der Waals surface area contributed by atoms with Crippen LogP contribution in [0.4, 0.5) is 5.95 Å². The monoisotopic (exact) mass is 248 g/mol. The summed E-state index contributed by atoms with van der Waals surface area (Å²) in [5, 5.41) is 13.0. The van der Waals surface area contributed by atoms with Gasteiger partial charge in [-0.15, -0.1) is 0 Å². The summed E-state index contributed by atoms with van der Waals surface area (Å²) in [6.07, 6.45) is 0.579. The van der Waals surface area contributed by atoms with Gasteiger partial charge in [-0.3, -0.25) is 0 Å². The first-order chi connectivity index (χ1) is 8.56. The first-order valence-electron chi connectivity index (χ1n) is 5.60. The second kappa shape index (κ2) is 5.05. The molecule has 0 amide bonds. The molecule has 1 heterocycles. The second-order valence-electron chi connectivity index (χ2n) is 4.30. The average molecular weight is 248 g/mol. The van der Waals surface area contributed by atoms with Crippen molar-refractivity contribution in [2.75, 3.05) is 19.0 Å². The Hall–Kier alpha value is -2.08. The molecule has 1 atom stereocenters. The van der Waals surface area contributed by atoms with E-state index in [2.05, 4.69) is 10.1 Å². The van der Waals surface area contributed by atoms with Crippen molar-refractivity contribution in [2.45, 2.75) is 12.5 Å². The average Bonchev–Trinajstić information content (AvgIpc) is 2.81. The van der Waals surface area contributed by atoms with Gasteiger partial charge in [0.25, 0.3) is 5.95 Å². The fraction of sp³-hybridized carbons (Fsp3) is 0.333. The molecule has 1 aromatic heterocycles. The third-order valence-corrected chi connectivity index (χ3v) is 2.54. The molecular formula is C12H16N4O2. The zero-order chi connectivity index (χ0) is 13.1. The summed E-state index contributed by atoms with van der Waals surface area (Å²) in [7, 11) is 3.67. The minimum atomic E-state index is -0.351. The molecule has 1 aromatic carbocycles. The van der Waals surface area contributed by atoms with E-state index in [0.29, 0.717) is 18.3 Å². The highest BCUT2D eigenvalue weighted by atomic mass is 16.5. The van der Waals surface area contributed by atoms with Gasteiger partial charge in [-0.1, -0.05) is 12.1 Å². The van der Waals surface area contributed by atoms with E-state index < -0.39 is 0 Å². The van der Waals surface area contributed by atoms with Gasteiger partial charge in [0, 0.05) is 14.1 Å². The van der Waals surface area contributed by atoms with Crippen molar-refractivity contribution in [3.63, 3.8) is 0 Å². The minimum absolute atomic E-state index is 0.236. The van der Waals surface area contributed by atoms with E-state index in [0.717, 1.165) is 5.56 Å². The highest BCUT2D eigenvalue weighted by molar-refractivity contribution is 5.28. The summed E-state index contributed by atoms with van der Waals surface area (Å²) >= 11 is 0. The number of hydrogen-bond donors (Lipinski definition) is 2. The highest BCUT2D eigenvalue weighted by Crippen LogP contribution is 2.18. The van der Waals surface area contributed by atoms with Gasteiger partial charge in [0.15, 0.2) is 0 Å². The van der Waals surface area contributed by atoms with E-state index in [9.17, 15) is 5.11 Å². The summed E-state index contributed by atoms with van der Waals surface area (Å²) < 4.78 is 5.11. The topological polar surface area (TPSA) is 88.4 Å². The van der Waals surface area contributed by atoms with Crippen molar-refractivity contribution in [1.82, 2.24) is 10.1 Å². The zero-order valence-electron chi connectivity index (χ0n) is 10.4. The van der Waals surface area contributed by atoms with Crippen LogP contribution < -0.4 is 10.6 Å². The Morgan fingerprint density at radius 2 is 2.00 bits per heavy atom. The van der Waals surface area contributed by atoms with Crippen LogP contribution in [0.5, 0.6) is 5.75 Å². The lowest BCUT2D eigenvalue weighted by molar-refractivity contribution is 0.354. The molecule has 6 nitrogen and oxygen atoms in total. The Morgan fingerprint density at radius 3 is 2.56 bits per heavy atom. The van der Waals surface area contributed by atoms with E-state index >= 15 is 0 Å². The number of nitrogens with zero attached hydrogens (tertiary/aromatic N) is 3. The van der Waals surface area contributed by atoms with Crippen molar-refractivity contribution in [3.8, 4) is 5.75 Å². The Balaban J connectivity index is 2.06. The smallest absolute Gasteiger partial charge is 0.265 e. The molecule has 2 rings (SSSR count). The molecule has 3 N–H and O–H groups in total. The van der Waals surface area contributed by atoms with Crippen molar-refractivity contribution >= 4 is 5.95 Å². The van der Waals surface area contributed by atoms with E-state index in [1.165, 1.54) is 0 Å². The van der Waals surface area contributed by atoms with Gasteiger partial charge in [-0.2, -0.15) is 4.98 Å². The Kier molecular flexibility index (Phi) is 3.47. The summed E-state index contributed by atoms with van der Waals surface area (Å²) in [4.78, 5) is 5.95.